The number of rotatable bonds is 13. The van der Waals surface area contributed by atoms with Crippen LogP contribution in [0, 0.1) is 0 Å². The first-order valence-corrected chi connectivity index (χ1v) is 18.1. The van der Waals surface area contributed by atoms with E-state index in [0.29, 0.717) is 27.7 Å². The van der Waals surface area contributed by atoms with Gasteiger partial charge in [0, 0.05) is 18.8 Å². The molecule has 0 spiro atoms. The Hall–Kier alpha value is -5.89. The van der Waals surface area contributed by atoms with Crippen molar-refractivity contribution < 1.29 is 28.5 Å². The Morgan fingerprint density at radius 2 is 1.71 bits per heavy atom. The zero-order valence-corrected chi connectivity index (χ0v) is 33.2. The average molecular weight is 772 g/mol. The number of ether oxygens (including phenoxy) is 4. The molecule has 2 aromatic carbocycles. The lowest BCUT2D eigenvalue weighted by molar-refractivity contribution is 0.0516. The second-order valence-electron chi connectivity index (χ2n) is 13.9. The molecule has 3 aromatic heterocycles. The maximum absolute atomic E-state index is 14.1. The highest BCUT2D eigenvalue weighted by Gasteiger charge is 2.34. The van der Waals surface area contributed by atoms with E-state index in [0.717, 1.165) is 11.1 Å². The van der Waals surface area contributed by atoms with Gasteiger partial charge in [0.1, 0.15) is 22.7 Å². The van der Waals surface area contributed by atoms with Crippen molar-refractivity contribution in [1.82, 2.24) is 24.3 Å². The molecular weight excluding hydrogens is 726 g/mol. The van der Waals surface area contributed by atoms with Gasteiger partial charge in [0.15, 0.2) is 5.69 Å². The van der Waals surface area contributed by atoms with E-state index in [1.165, 1.54) is 29.8 Å². The van der Waals surface area contributed by atoms with Crippen LogP contribution in [0.15, 0.2) is 77.9 Å². The highest BCUT2D eigenvalue weighted by molar-refractivity contribution is 6.30. The Balaban J connectivity index is 1.69. The van der Waals surface area contributed by atoms with E-state index in [9.17, 15) is 14.4 Å². The van der Waals surface area contributed by atoms with Gasteiger partial charge in [0.25, 0.3) is 5.56 Å². The third-order valence-corrected chi connectivity index (χ3v) is 8.58. The smallest absolute Gasteiger partial charge is 0.416 e. The fourth-order valence-corrected chi connectivity index (χ4v) is 6.14. The molecule has 3 heterocycles. The number of carbonyl (C=O) groups is 2. The molecule has 5 aromatic rings. The Morgan fingerprint density at radius 1 is 1.02 bits per heavy atom. The largest absolute Gasteiger partial charge is 0.497 e. The first-order chi connectivity index (χ1) is 26.1. The van der Waals surface area contributed by atoms with Crippen LogP contribution in [0.3, 0.4) is 0 Å². The highest BCUT2D eigenvalue weighted by atomic mass is 35.5. The van der Waals surface area contributed by atoms with Crippen LogP contribution < -0.4 is 25.2 Å². The summed E-state index contributed by atoms with van der Waals surface area (Å²) in [6.07, 6.45) is 2.38. The summed E-state index contributed by atoms with van der Waals surface area (Å²) in [5.41, 5.74) is 2.05. The summed E-state index contributed by atoms with van der Waals surface area (Å²) in [7, 11) is 4.51. The maximum Gasteiger partial charge on any atom is 0.416 e. The number of carbonyl (C=O) groups excluding carboxylic acids is 2. The zero-order chi connectivity index (χ0) is 40.0. The topological polar surface area (TPSA) is 152 Å². The quantitative estimate of drug-likeness (QED) is 0.119. The third kappa shape index (κ3) is 9.26. The number of nitrogens with one attached hydrogen (secondary N) is 1. The lowest BCUT2D eigenvalue weighted by Gasteiger charge is -2.24. The number of amides is 1. The van der Waals surface area contributed by atoms with Gasteiger partial charge in [-0.3, -0.25) is 4.79 Å². The second-order valence-corrected chi connectivity index (χ2v) is 14.3. The van der Waals surface area contributed by atoms with E-state index in [1.54, 1.807) is 51.7 Å². The molecule has 1 N–H and O–H groups in total. The monoisotopic (exact) mass is 771 g/mol. The van der Waals surface area contributed by atoms with Crippen LogP contribution in [0.1, 0.15) is 86.4 Å². The molecular formula is C40H46ClN7O7. The lowest BCUT2D eigenvalue weighted by Crippen LogP contribution is -2.35. The van der Waals surface area contributed by atoms with E-state index in [2.05, 4.69) is 15.3 Å². The van der Waals surface area contributed by atoms with Crippen molar-refractivity contribution in [1.29, 1.82) is 0 Å². The van der Waals surface area contributed by atoms with E-state index in [1.807, 2.05) is 68.4 Å². The molecule has 0 saturated carbocycles. The Labute approximate surface area is 325 Å². The first-order valence-electron chi connectivity index (χ1n) is 17.7. The molecule has 1 amide bonds. The molecule has 0 radical (unpaired) electrons. The molecule has 0 aliphatic carbocycles. The SMILES string of the molecule is CCOC(=O)c1nn(-c2cnc(N(C)C(=O)OC(C)(C)C)nc2OC)c(C(C)C)c1C(Nc1cc(Cl)cn(Cc2ccc(OC)cc2)c1=O)c1ccccc1. The Bertz CT molecular complexity index is 2200. The number of esters is 1. The number of anilines is 2. The number of methoxy groups -OCH3 is 2. The molecule has 0 saturated heterocycles. The summed E-state index contributed by atoms with van der Waals surface area (Å²) in [5, 5.41) is 8.57. The predicted octanol–water partition coefficient (Wildman–Crippen LogP) is 7.42. The molecule has 55 heavy (non-hydrogen) atoms. The van der Waals surface area contributed by atoms with E-state index < -0.39 is 23.7 Å². The standard InChI is InChI=1S/C40H46ClN7O7/c1-10-54-37(50)33-31(34(24(2)3)48(45-33)30-21-42-38(44-35(30)53-9)46(7)39(51)55-40(4,5)6)32(26-14-12-11-13-15-26)43-29-20-27(41)23-47(36(29)49)22-25-16-18-28(52-8)19-17-25/h11-21,23-24,32,43H,10,22H2,1-9H3. The average Bonchev–Trinajstić information content (AvgIpc) is 3.55. The summed E-state index contributed by atoms with van der Waals surface area (Å²) in [4.78, 5) is 51.0. The number of pyridine rings is 1. The second kappa shape index (κ2) is 17.1. The van der Waals surface area contributed by atoms with Crippen molar-refractivity contribution in [2.24, 2.45) is 0 Å². The molecule has 0 aliphatic heterocycles. The van der Waals surface area contributed by atoms with Crippen molar-refractivity contribution in [3.05, 3.63) is 117 Å². The van der Waals surface area contributed by atoms with Crippen molar-refractivity contribution in [3.8, 4) is 17.3 Å². The summed E-state index contributed by atoms with van der Waals surface area (Å²) in [6.45, 7) is 11.2. The minimum atomic E-state index is -0.808. The lowest BCUT2D eigenvalue weighted by atomic mass is 9.92. The van der Waals surface area contributed by atoms with Crippen molar-refractivity contribution in [2.45, 2.75) is 65.6 Å². The van der Waals surface area contributed by atoms with E-state index in [4.69, 9.17) is 35.6 Å². The van der Waals surface area contributed by atoms with Gasteiger partial charge < -0.3 is 28.8 Å². The van der Waals surface area contributed by atoms with Crippen LogP contribution in [0.25, 0.3) is 5.69 Å². The summed E-state index contributed by atoms with van der Waals surface area (Å²) >= 11 is 6.65. The minimum absolute atomic E-state index is 0.00416. The molecule has 0 bridgehead atoms. The summed E-state index contributed by atoms with van der Waals surface area (Å²) < 4.78 is 25.1. The molecule has 15 heteroatoms. The van der Waals surface area contributed by atoms with Gasteiger partial charge in [-0.05, 0) is 62.9 Å². The number of nitrogens with zero attached hydrogens (tertiary/aromatic N) is 6. The van der Waals surface area contributed by atoms with E-state index >= 15 is 0 Å². The van der Waals surface area contributed by atoms with Gasteiger partial charge in [-0.15, -0.1) is 0 Å². The van der Waals surface area contributed by atoms with Gasteiger partial charge in [0.05, 0.1) is 50.3 Å². The number of hydrogen-bond acceptors (Lipinski definition) is 11. The number of aromatic nitrogens is 5. The van der Waals surface area contributed by atoms with Crippen LogP contribution in [0.4, 0.5) is 16.4 Å². The van der Waals surface area contributed by atoms with Crippen molar-refractivity contribution in [2.75, 3.05) is 38.1 Å². The van der Waals surface area contributed by atoms with Gasteiger partial charge in [-0.2, -0.15) is 10.1 Å². The summed E-state index contributed by atoms with van der Waals surface area (Å²) in [5.74, 6) is -0.145. The molecule has 1 unspecified atom stereocenters. The van der Waals surface area contributed by atoms with Gasteiger partial charge in [-0.25, -0.2) is 24.2 Å². The van der Waals surface area contributed by atoms with Crippen molar-refractivity contribution in [3.63, 3.8) is 0 Å². The Morgan fingerprint density at radius 3 is 2.31 bits per heavy atom. The molecule has 1 atom stereocenters. The fraction of sp³-hybridized carbons (Fsp3) is 0.350. The summed E-state index contributed by atoms with van der Waals surface area (Å²) in [6, 6.07) is 17.5. The molecule has 14 nitrogen and oxygen atoms in total. The predicted molar refractivity (Wildman–Crippen MR) is 210 cm³/mol. The van der Waals surface area contributed by atoms with Crippen molar-refractivity contribution >= 4 is 35.3 Å². The van der Waals surface area contributed by atoms with Crippen LogP contribution >= 0.6 is 11.6 Å². The normalized spacial score (nSPS) is 11.9. The van der Waals surface area contributed by atoms with E-state index in [-0.39, 0.29) is 47.8 Å². The Kier molecular flexibility index (Phi) is 12.5. The van der Waals surface area contributed by atoms with Crippen LogP contribution in [-0.4, -0.2) is 69.9 Å². The molecule has 0 aliphatic rings. The highest BCUT2D eigenvalue weighted by Crippen LogP contribution is 2.38. The molecule has 0 fully saturated rings. The number of halogens is 1. The first kappa shape index (κ1) is 40.3. The maximum atomic E-state index is 14.1. The molecule has 5 rings (SSSR count). The van der Waals surface area contributed by atoms with Gasteiger partial charge >= 0.3 is 12.1 Å². The van der Waals surface area contributed by atoms with Crippen LogP contribution in [0.2, 0.25) is 5.02 Å². The zero-order valence-electron chi connectivity index (χ0n) is 32.4. The van der Waals surface area contributed by atoms with Gasteiger partial charge in [0.2, 0.25) is 11.8 Å². The fourth-order valence-electron chi connectivity index (χ4n) is 5.91. The number of hydrogen-bond donors (Lipinski definition) is 1. The van der Waals surface area contributed by atoms with Crippen LogP contribution in [-0.2, 0) is 16.0 Å². The minimum Gasteiger partial charge on any atom is -0.497 e. The van der Waals surface area contributed by atoms with Gasteiger partial charge in [-0.1, -0.05) is 67.9 Å². The number of benzene rings is 2. The third-order valence-electron chi connectivity index (χ3n) is 8.37. The molecule has 290 valence electrons. The van der Waals surface area contributed by atoms with Crippen LogP contribution in [0.5, 0.6) is 11.6 Å².